The monoisotopic (exact) mass is 183 g/mol. The quantitative estimate of drug-likeness (QED) is 0.684. The highest BCUT2D eigenvalue weighted by Gasteiger charge is 2.06. The molecule has 12 heavy (non-hydrogen) atoms. The molecule has 0 atom stereocenters. The summed E-state index contributed by atoms with van der Waals surface area (Å²) in [6.45, 7) is 4.06. The van der Waals surface area contributed by atoms with Gasteiger partial charge in [0.05, 0.1) is 7.11 Å². The van der Waals surface area contributed by atoms with Crippen molar-refractivity contribution in [1.29, 1.82) is 0 Å². The van der Waals surface area contributed by atoms with Gasteiger partial charge >= 0.3 is 0 Å². The Bertz CT molecular complexity index is 269. The summed E-state index contributed by atoms with van der Waals surface area (Å²) in [6.07, 6.45) is 0. The molecule has 0 bridgehead atoms. The maximum atomic E-state index is 5.97. The third-order valence-corrected chi connectivity index (χ3v) is 2.04. The van der Waals surface area contributed by atoms with Crippen LogP contribution in [0.25, 0.3) is 0 Å². The number of methoxy groups -OCH3 is 1. The molecule has 0 saturated carbocycles. The Balaban J connectivity index is 3.08. The van der Waals surface area contributed by atoms with Crippen LogP contribution in [-0.4, -0.2) is 7.11 Å². The average Bonchev–Trinajstić information content (AvgIpc) is 2.05. The van der Waals surface area contributed by atoms with E-state index < -0.39 is 0 Å². The van der Waals surface area contributed by atoms with Crippen LogP contribution in [0, 0.1) is 5.92 Å². The predicted molar refractivity (Wildman–Crippen MR) is 51.7 cm³/mol. The summed E-state index contributed by atoms with van der Waals surface area (Å²) in [6, 6.07) is 5.65. The maximum absolute atomic E-state index is 5.97. The lowest BCUT2D eigenvalue weighted by atomic mass is 10.0. The molecule has 0 unspecified atom stereocenters. The molecule has 1 radical (unpaired) electrons. The summed E-state index contributed by atoms with van der Waals surface area (Å²) in [5.41, 5.74) is 1.05. The van der Waals surface area contributed by atoms with E-state index in [0.717, 1.165) is 16.3 Å². The SMILES string of the molecule is COc1ccc(Cl)c([C](C)C)c1. The van der Waals surface area contributed by atoms with Crippen LogP contribution in [0.2, 0.25) is 5.02 Å². The fourth-order valence-electron chi connectivity index (χ4n) is 1.01. The summed E-state index contributed by atoms with van der Waals surface area (Å²) < 4.78 is 5.09. The molecular weight excluding hydrogens is 172 g/mol. The number of hydrogen-bond acceptors (Lipinski definition) is 1. The molecule has 0 aromatic heterocycles. The second kappa shape index (κ2) is 3.81. The van der Waals surface area contributed by atoms with E-state index in [2.05, 4.69) is 0 Å². The fraction of sp³-hybridized carbons (Fsp3) is 0.300. The molecule has 1 aromatic rings. The Morgan fingerprint density at radius 1 is 1.33 bits per heavy atom. The van der Waals surface area contributed by atoms with Gasteiger partial charge in [0.2, 0.25) is 0 Å². The zero-order valence-corrected chi connectivity index (χ0v) is 8.27. The molecule has 1 rings (SSSR count). The largest absolute Gasteiger partial charge is 0.497 e. The van der Waals surface area contributed by atoms with Crippen molar-refractivity contribution in [2.75, 3.05) is 7.11 Å². The Kier molecular flexibility index (Phi) is 2.99. The van der Waals surface area contributed by atoms with E-state index in [1.54, 1.807) is 7.11 Å². The number of hydrogen-bond donors (Lipinski definition) is 0. The zero-order valence-electron chi connectivity index (χ0n) is 7.52. The molecular formula is C10H12ClO. The first-order valence-corrected chi connectivity index (χ1v) is 4.17. The Morgan fingerprint density at radius 2 is 2.00 bits per heavy atom. The Labute approximate surface area is 78.3 Å². The molecule has 2 heteroatoms. The summed E-state index contributed by atoms with van der Waals surface area (Å²) in [7, 11) is 1.65. The van der Waals surface area contributed by atoms with E-state index >= 15 is 0 Å². The van der Waals surface area contributed by atoms with Gasteiger partial charge in [-0.05, 0) is 23.8 Å². The second-order valence-corrected chi connectivity index (χ2v) is 3.25. The third-order valence-electron chi connectivity index (χ3n) is 1.71. The summed E-state index contributed by atoms with van der Waals surface area (Å²) in [5.74, 6) is 2.04. The first-order chi connectivity index (χ1) is 5.65. The van der Waals surface area contributed by atoms with Crippen LogP contribution in [0.3, 0.4) is 0 Å². The van der Waals surface area contributed by atoms with Gasteiger partial charge in [-0.25, -0.2) is 0 Å². The topological polar surface area (TPSA) is 9.23 Å². The first-order valence-electron chi connectivity index (χ1n) is 3.79. The highest BCUT2D eigenvalue weighted by Crippen LogP contribution is 2.27. The van der Waals surface area contributed by atoms with E-state index in [-0.39, 0.29) is 0 Å². The van der Waals surface area contributed by atoms with Crippen molar-refractivity contribution in [1.82, 2.24) is 0 Å². The van der Waals surface area contributed by atoms with Gasteiger partial charge in [-0.2, -0.15) is 0 Å². The molecule has 0 aliphatic heterocycles. The van der Waals surface area contributed by atoms with Crippen LogP contribution < -0.4 is 4.74 Å². The van der Waals surface area contributed by atoms with Crippen molar-refractivity contribution in [3.05, 3.63) is 34.7 Å². The zero-order chi connectivity index (χ0) is 9.14. The lowest BCUT2D eigenvalue weighted by Crippen LogP contribution is -1.91. The minimum Gasteiger partial charge on any atom is -0.497 e. The number of rotatable bonds is 2. The lowest BCUT2D eigenvalue weighted by Gasteiger charge is -2.08. The maximum Gasteiger partial charge on any atom is 0.119 e. The van der Waals surface area contributed by atoms with Crippen LogP contribution in [0.15, 0.2) is 18.2 Å². The molecule has 0 N–H and O–H groups in total. The van der Waals surface area contributed by atoms with Gasteiger partial charge in [0.15, 0.2) is 0 Å². The molecule has 0 spiro atoms. The lowest BCUT2D eigenvalue weighted by molar-refractivity contribution is 0.414. The van der Waals surface area contributed by atoms with Gasteiger partial charge in [-0.1, -0.05) is 25.4 Å². The number of halogens is 1. The molecule has 1 aromatic carbocycles. The average molecular weight is 184 g/mol. The van der Waals surface area contributed by atoms with Crippen molar-refractivity contribution in [2.24, 2.45) is 0 Å². The fourth-order valence-corrected chi connectivity index (χ4v) is 1.32. The van der Waals surface area contributed by atoms with Crippen LogP contribution >= 0.6 is 11.6 Å². The van der Waals surface area contributed by atoms with Gasteiger partial charge in [0.1, 0.15) is 5.75 Å². The number of ether oxygens (including phenoxy) is 1. The van der Waals surface area contributed by atoms with Crippen LogP contribution in [-0.2, 0) is 0 Å². The molecule has 0 heterocycles. The molecule has 1 nitrogen and oxygen atoms in total. The van der Waals surface area contributed by atoms with E-state index in [9.17, 15) is 0 Å². The van der Waals surface area contributed by atoms with Crippen LogP contribution in [0.5, 0.6) is 5.75 Å². The minimum absolute atomic E-state index is 0.774. The Hall–Kier alpha value is -0.690. The van der Waals surface area contributed by atoms with Crippen LogP contribution in [0.1, 0.15) is 19.4 Å². The predicted octanol–water partition coefficient (Wildman–Crippen LogP) is 3.31. The third kappa shape index (κ3) is 1.92. The smallest absolute Gasteiger partial charge is 0.119 e. The summed E-state index contributed by atoms with van der Waals surface area (Å²) in [4.78, 5) is 0. The number of benzene rings is 1. The van der Waals surface area contributed by atoms with Crippen molar-refractivity contribution >= 4 is 11.6 Å². The minimum atomic E-state index is 0.774. The Morgan fingerprint density at radius 3 is 2.50 bits per heavy atom. The molecule has 0 aliphatic carbocycles. The van der Waals surface area contributed by atoms with Gasteiger partial charge in [-0.3, -0.25) is 0 Å². The van der Waals surface area contributed by atoms with E-state index in [1.807, 2.05) is 32.0 Å². The van der Waals surface area contributed by atoms with Gasteiger partial charge in [-0.15, -0.1) is 0 Å². The molecule has 0 saturated heterocycles. The summed E-state index contributed by atoms with van der Waals surface area (Å²) >= 11 is 5.97. The molecule has 0 amide bonds. The molecule has 0 aliphatic rings. The summed E-state index contributed by atoms with van der Waals surface area (Å²) in [5, 5.41) is 0.774. The van der Waals surface area contributed by atoms with E-state index in [0.29, 0.717) is 0 Å². The second-order valence-electron chi connectivity index (χ2n) is 2.85. The van der Waals surface area contributed by atoms with Crippen molar-refractivity contribution in [3.8, 4) is 5.75 Å². The van der Waals surface area contributed by atoms with Gasteiger partial charge in [0.25, 0.3) is 0 Å². The van der Waals surface area contributed by atoms with Crippen LogP contribution in [0.4, 0.5) is 0 Å². The first kappa shape index (κ1) is 9.40. The molecule has 0 fully saturated rings. The molecule has 65 valence electrons. The van der Waals surface area contributed by atoms with Crippen molar-refractivity contribution < 1.29 is 4.74 Å². The van der Waals surface area contributed by atoms with Gasteiger partial charge < -0.3 is 4.74 Å². The van der Waals surface area contributed by atoms with Crippen molar-refractivity contribution in [3.63, 3.8) is 0 Å². The van der Waals surface area contributed by atoms with Gasteiger partial charge in [0, 0.05) is 10.9 Å². The normalized spacial score (nSPS) is 10.4. The van der Waals surface area contributed by atoms with Crippen molar-refractivity contribution in [2.45, 2.75) is 13.8 Å². The highest BCUT2D eigenvalue weighted by molar-refractivity contribution is 6.31. The standard InChI is InChI=1S/C10H12ClO/c1-7(2)9-6-8(12-3)4-5-10(9)11/h4-6H,1-3H3. The van der Waals surface area contributed by atoms with E-state index in [4.69, 9.17) is 16.3 Å². The highest BCUT2D eigenvalue weighted by atomic mass is 35.5. The van der Waals surface area contributed by atoms with E-state index in [1.165, 1.54) is 5.92 Å².